The summed E-state index contributed by atoms with van der Waals surface area (Å²) in [5, 5.41) is 26.9. The largest absolute Gasteiger partial charge is 0.393 e. The highest BCUT2D eigenvalue weighted by Crippen LogP contribution is 2.32. The number of aryl methyl sites for hydroxylation is 1. The molecule has 3 heterocycles. The zero-order valence-corrected chi connectivity index (χ0v) is 18.2. The normalized spacial score (nSPS) is 17.8. The number of aliphatic hydroxyl groups excluding tert-OH is 1. The lowest BCUT2D eigenvalue weighted by atomic mass is 10.1. The first-order valence-electron chi connectivity index (χ1n) is 11.0. The topological polar surface area (TPSA) is 139 Å². The van der Waals surface area contributed by atoms with E-state index in [0.717, 1.165) is 41.2 Å². The lowest BCUT2D eigenvalue weighted by Gasteiger charge is -2.17. The fraction of sp³-hybridized carbons (Fsp3) is 0.292. The van der Waals surface area contributed by atoms with Gasteiger partial charge in [-0.2, -0.15) is 10.4 Å². The summed E-state index contributed by atoms with van der Waals surface area (Å²) >= 11 is 0. The number of hydrogen-bond acceptors (Lipinski definition) is 8. The molecule has 0 saturated heterocycles. The van der Waals surface area contributed by atoms with Crippen LogP contribution in [-0.2, 0) is 6.42 Å². The highest BCUT2D eigenvalue weighted by atomic mass is 16.3. The first-order chi connectivity index (χ1) is 16.1. The fourth-order valence-corrected chi connectivity index (χ4v) is 4.24. The average Bonchev–Trinajstić information content (AvgIpc) is 3.48. The molecule has 4 aromatic rings. The van der Waals surface area contributed by atoms with E-state index in [2.05, 4.69) is 21.5 Å². The molecule has 5 rings (SSSR count). The van der Waals surface area contributed by atoms with Gasteiger partial charge in [-0.25, -0.2) is 19.6 Å². The van der Waals surface area contributed by atoms with Gasteiger partial charge in [0.15, 0.2) is 5.82 Å². The Hall–Kier alpha value is -4.03. The predicted octanol–water partition coefficient (Wildman–Crippen LogP) is 3.22. The van der Waals surface area contributed by atoms with Crippen LogP contribution in [0.1, 0.15) is 37.4 Å². The minimum Gasteiger partial charge on any atom is -0.393 e. The van der Waals surface area contributed by atoms with Gasteiger partial charge >= 0.3 is 0 Å². The van der Waals surface area contributed by atoms with E-state index >= 15 is 0 Å². The van der Waals surface area contributed by atoms with E-state index in [9.17, 15) is 5.11 Å². The van der Waals surface area contributed by atoms with E-state index < -0.39 is 0 Å². The molecule has 0 bridgehead atoms. The van der Waals surface area contributed by atoms with Gasteiger partial charge < -0.3 is 16.2 Å². The van der Waals surface area contributed by atoms with Crippen molar-refractivity contribution in [2.75, 3.05) is 11.1 Å². The summed E-state index contributed by atoms with van der Waals surface area (Å²) in [6.45, 7) is 2.03. The first kappa shape index (κ1) is 20.8. The van der Waals surface area contributed by atoms with E-state index in [1.165, 1.54) is 0 Å². The third kappa shape index (κ3) is 3.97. The number of anilines is 2. The molecule has 1 aromatic carbocycles. The molecule has 3 aromatic heterocycles. The van der Waals surface area contributed by atoms with Crippen molar-refractivity contribution < 1.29 is 5.11 Å². The number of benzene rings is 1. The summed E-state index contributed by atoms with van der Waals surface area (Å²) in [4.78, 5) is 14.1. The van der Waals surface area contributed by atoms with Gasteiger partial charge in [0.1, 0.15) is 16.9 Å². The zero-order chi connectivity index (χ0) is 22.9. The number of aromatic nitrogens is 5. The molecule has 1 aliphatic rings. The summed E-state index contributed by atoms with van der Waals surface area (Å²) in [5.41, 5.74) is 11.3. The molecule has 0 amide bonds. The second-order valence-electron chi connectivity index (χ2n) is 8.27. The van der Waals surface area contributed by atoms with Crippen molar-refractivity contribution in [3.05, 3.63) is 54.1 Å². The Morgan fingerprint density at radius 1 is 1.18 bits per heavy atom. The molecular weight excluding hydrogens is 416 g/mol. The first-order valence-corrected chi connectivity index (χ1v) is 11.0. The van der Waals surface area contributed by atoms with Crippen LogP contribution < -0.4 is 11.1 Å². The summed E-state index contributed by atoms with van der Waals surface area (Å²) in [7, 11) is 0. The van der Waals surface area contributed by atoms with Crippen molar-refractivity contribution in [3.63, 3.8) is 0 Å². The van der Waals surface area contributed by atoms with Crippen molar-refractivity contribution >= 4 is 22.7 Å². The van der Waals surface area contributed by atoms with Gasteiger partial charge in [0, 0.05) is 29.6 Å². The number of nitriles is 1. The fourth-order valence-electron chi connectivity index (χ4n) is 4.24. The molecule has 166 valence electrons. The van der Waals surface area contributed by atoms with Gasteiger partial charge in [0.05, 0.1) is 35.3 Å². The molecule has 1 fully saturated rings. The lowest BCUT2D eigenvalue weighted by molar-refractivity contribution is 0.182. The third-order valence-corrected chi connectivity index (χ3v) is 6.03. The minimum absolute atomic E-state index is 0.166. The molecular formula is C24H24N8O. The number of rotatable bonds is 5. The van der Waals surface area contributed by atoms with E-state index in [1.54, 1.807) is 29.2 Å². The van der Waals surface area contributed by atoms with Crippen LogP contribution in [0, 0.1) is 11.3 Å². The monoisotopic (exact) mass is 440 g/mol. The predicted molar refractivity (Wildman–Crippen MR) is 126 cm³/mol. The maximum absolute atomic E-state index is 9.90. The number of pyridine rings is 1. The molecule has 1 saturated carbocycles. The van der Waals surface area contributed by atoms with Crippen molar-refractivity contribution in [2.24, 2.45) is 0 Å². The van der Waals surface area contributed by atoms with Crippen LogP contribution in [0.15, 0.2) is 42.9 Å². The number of nitrogens with two attached hydrogens (primary N) is 1. The smallest absolute Gasteiger partial charge is 0.151 e. The summed E-state index contributed by atoms with van der Waals surface area (Å²) in [5.74, 6) is 1.05. The quantitative estimate of drug-likeness (QED) is 0.430. The highest BCUT2D eigenvalue weighted by Gasteiger charge is 2.24. The number of hydrogen-bond donors (Lipinski definition) is 3. The lowest BCUT2D eigenvalue weighted by Crippen LogP contribution is -2.19. The van der Waals surface area contributed by atoms with Crippen LogP contribution in [0.2, 0.25) is 0 Å². The van der Waals surface area contributed by atoms with E-state index in [4.69, 9.17) is 21.0 Å². The van der Waals surface area contributed by atoms with Crippen molar-refractivity contribution in [1.29, 1.82) is 5.26 Å². The van der Waals surface area contributed by atoms with Gasteiger partial charge in [-0.05, 0) is 49.9 Å². The number of fused-ring (bicyclic) bond motifs is 1. The van der Waals surface area contributed by atoms with Crippen LogP contribution in [0.5, 0.6) is 0 Å². The van der Waals surface area contributed by atoms with Gasteiger partial charge in [-0.1, -0.05) is 6.92 Å². The molecule has 0 unspecified atom stereocenters. The zero-order valence-electron chi connectivity index (χ0n) is 18.2. The maximum Gasteiger partial charge on any atom is 0.151 e. The van der Waals surface area contributed by atoms with Crippen LogP contribution >= 0.6 is 0 Å². The maximum atomic E-state index is 9.90. The van der Waals surface area contributed by atoms with Gasteiger partial charge in [-0.3, -0.25) is 0 Å². The summed E-state index contributed by atoms with van der Waals surface area (Å²) in [6, 6.07) is 9.49. The molecule has 0 spiro atoms. The minimum atomic E-state index is -0.274. The number of aliphatic hydroxyl groups is 1. The second kappa shape index (κ2) is 8.48. The van der Waals surface area contributed by atoms with Gasteiger partial charge in [0.25, 0.3) is 0 Å². The molecule has 2 atom stereocenters. The van der Waals surface area contributed by atoms with Crippen molar-refractivity contribution in [1.82, 2.24) is 24.7 Å². The van der Waals surface area contributed by atoms with Crippen LogP contribution in [0.4, 0.5) is 11.6 Å². The van der Waals surface area contributed by atoms with Crippen LogP contribution in [0.25, 0.3) is 27.8 Å². The van der Waals surface area contributed by atoms with E-state index in [-0.39, 0.29) is 12.1 Å². The standard InChI is InChI=1S/C24H24N8O/c1-2-20-24(29-16-5-8-18(33)9-16)31-21-19(12-27-23(26)22(21)30-20)15-11-28-32(13-15)17-6-3-14(10-25)4-7-17/h3-4,6-7,11-13,16,18,33H,2,5,8-9H2,1H3,(H2,26,27)(H,29,31)/t16-,18+/m1/s1. The Bertz CT molecular complexity index is 1360. The summed E-state index contributed by atoms with van der Waals surface area (Å²) in [6.07, 6.45) is 8.14. The van der Waals surface area contributed by atoms with Gasteiger partial charge in [0.2, 0.25) is 0 Å². The molecule has 0 radical (unpaired) electrons. The Morgan fingerprint density at radius 2 is 2.00 bits per heavy atom. The molecule has 9 heteroatoms. The van der Waals surface area contributed by atoms with E-state index in [0.29, 0.717) is 35.3 Å². The Balaban J connectivity index is 1.57. The molecule has 1 aliphatic carbocycles. The summed E-state index contributed by atoms with van der Waals surface area (Å²) < 4.78 is 1.74. The van der Waals surface area contributed by atoms with Crippen LogP contribution in [0.3, 0.4) is 0 Å². The van der Waals surface area contributed by atoms with E-state index in [1.807, 2.05) is 25.3 Å². The molecule has 33 heavy (non-hydrogen) atoms. The Labute approximate surface area is 190 Å². The molecule has 4 N–H and O–H groups in total. The second-order valence-corrected chi connectivity index (χ2v) is 8.27. The third-order valence-electron chi connectivity index (χ3n) is 6.03. The van der Waals surface area contributed by atoms with Crippen molar-refractivity contribution in [2.45, 2.75) is 44.8 Å². The van der Waals surface area contributed by atoms with Gasteiger partial charge in [-0.15, -0.1) is 0 Å². The molecule has 9 nitrogen and oxygen atoms in total. The highest BCUT2D eigenvalue weighted by molar-refractivity contribution is 5.96. The SMILES string of the molecule is CCc1nc2c(N)ncc(-c3cnn(-c4ccc(C#N)cc4)c3)c2nc1N[C@@H]1CC[C@H](O)C1. The Kier molecular flexibility index (Phi) is 5.36. The number of nitrogens with one attached hydrogen (secondary N) is 1. The average molecular weight is 441 g/mol. The molecule has 0 aliphatic heterocycles. The Morgan fingerprint density at radius 3 is 2.70 bits per heavy atom. The number of nitrogen functional groups attached to an aromatic ring is 1. The van der Waals surface area contributed by atoms with Crippen molar-refractivity contribution in [3.8, 4) is 22.9 Å². The number of nitrogens with zero attached hydrogens (tertiary/aromatic N) is 6. The van der Waals surface area contributed by atoms with Crippen LogP contribution in [-0.4, -0.2) is 42.0 Å².